The highest BCUT2D eigenvalue weighted by Gasteiger charge is 2.32. The van der Waals surface area contributed by atoms with Crippen LogP contribution in [0, 0.1) is 0 Å². The first-order valence-electron chi connectivity index (χ1n) is 5.84. The molecule has 1 heterocycles. The average Bonchev–Trinajstić information content (AvgIpc) is 2.29. The predicted octanol–water partition coefficient (Wildman–Crippen LogP) is 1.95. The molecule has 1 aromatic rings. The van der Waals surface area contributed by atoms with Gasteiger partial charge in [-0.2, -0.15) is 13.2 Å². The molecule has 1 fully saturated rings. The van der Waals surface area contributed by atoms with Crippen molar-refractivity contribution in [3.63, 3.8) is 0 Å². The lowest BCUT2D eigenvalue weighted by Crippen LogP contribution is -2.49. The Labute approximate surface area is 104 Å². The van der Waals surface area contributed by atoms with Gasteiger partial charge < -0.3 is 10.6 Å². The number of nitrogens with two attached hydrogens (primary N) is 1. The molecule has 0 unspecified atom stereocenters. The van der Waals surface area contributed by atoms with Gasteiger partial charge in [-0.15, -0.1) is 0 Å². The van der Waals surface area contributed by atoms with Gasteiger partial charge in [-0.3, -0.25) is 4.90 Å². The van der Waals surface area contributed by atoms with Crippen molar-refractivity contribution in [1.29, 1.82) is 0 Å². The molecular weight excluding hydrogens is 243 g/mol. The van der Waals surface area contributed by atoms with Crippen LogP contribution < -0.4 is 10.6 Å². The van der Waals surface area contributed by atoms with Crippen LogP contribution in [0.3, 0.4) is 0 Å². The summed E-state index contributed by atoms with van der Waals surface area (Å²) in [6.45, 7) is 1.27. The van der Waals surface area contributed by atoms with E-state index in [0.29, 0.717) is 31.9 Å². The van der Waals surface area contributed by atoms with Crippen molar-refractivity contribution in [1.82, 2.24) is 4.90 Å². The number of alkyl halides is 3. The van der Waals surface area contributed by atoms with Gasteiger partial charge in [0.2, 0.25) is 0 Å². The van der Waals surface area contributed by atoms with Crippen LogP contribution in [0.15, 0.2) is 24.3 Å². The zero-order valence-electron chi connectivity index (χ0n) is 9.95. The Hall–Kier alpha value is -1.43. The predicted molar refractivity (Wildman–Crippen MR) is 65.6 cm³/mol. The fraction of sp³-hybridized carbons (Fsp3) is 0.500. The number of rotatable bonds is 2. The Morgan fingerprint density at radius 3 is 2.06 bits per heavy atom. The average molecular weight is 259 g/mol. The Morgan fingerprint density at radius 2 is 1.56 bits per heavy atom. The summed E-state index contributed by atoms with van der Waals surface area (Å²) < 4.78 is 36.7. The molecule has 0 radical (unpaired) electrons. The third kappa shape index (κ3) is 3.53. The summed E-state index contributed by atoms with van der Waals surface area (Å²) in [5, 5.41) is 0. The van der Waals surface area contributed by atoms with Gasteiger partial charge in [0, 0.05) is 37.6 Å². The molecule has 0 aliphatic carbocycles. The first kappa shape index (κ1) is 13.0. The number of hydrogen-bond acceptors (Lipinski definition) is 3. The summed E-state index contributed by atoms with van der Waals surface area (Å²) >= 11 is 0. The van der Waals surface area contributed by atoms with E-state index in [1.165, 1.54) is 4.90 Å². The van der Waals surface area contributed by atoms with Gasteiger partial charge in [-0.05, 0) is 24.3 Å². The normalized spacial score (nSPS) is 18.1. The monoisotopic (exact) mass is 259 g/mol. The lowest BCUT2D eigenvalue weighted by atomic mass is 10.2. The minimum atomic E-state index is -4.11. The maximum atomic E-state index is 12.2. The summed E-state index contributed by atoms with van der Waals surface area (Å²) in [4.78, 5) is 3.51. The fourth-order valence-electron chi connectivity index (χ4n) is 2.10. The van der Waals surface area contributed by atoms with Crippen LogP contribution >= 0.6 is 0 Å². The number of anilines is 2. The van der Waals surface area contributed by atoms with E-state index in [9.17, 15) is 13.2 Å². The lowest BCUT2D eigenvalue weighted by Gasteiger charge is -2.36. The molecule has 1 aromatic carbocycles. The third-order valence-corrected chi connectivity index (χ3v) is 3.03. The van der Waals surface area contributed by atoms with Crippen molar-refractivity contribution >= 4 is 11.4 Å². The lowest BCUT2D eigenvalue weighted by molar-refractivity contribution is -0.146. The maximum absolute atomic E-state index is 12.2. The van der Waals surface area contributed by atoms with Crippen LogP contribution in [-0.2, 0) is 0 Å². The van der Waals surface area contributed by atoms with E-state index in [-0.39, 0.29) is 0 Å². The van der Waals surface area contributed by atoms with Gasteiger partial charge in [0.25, 0.3) is 0 Å². The van der Waals surface area contributed by atoms with Gasteiger partial charge in [-0.25, -0.2) is 0 Å². The molecule has 0 spiro atoms. The second-order valence-corrected chi connectivity index (χ2v) is 4.47. The van der Waals surface area contributed by atoms with Crippen molar-refractivity contribution < 1.29 is 13.2 Å². The van der Waals surface area contributed by atoms with Crippen molar-refractivity contribution in [2.24, 2.45) is 0 Å². The Morgan fingerprint density at radius 1 is 1.00 bits per heavy atom. The van der Waals surface area contributed by atoms with E-state index in [4.69, 9.17) is 5.73 Å². The molecule has 2 rings (SSSR count). The van der Waals surface area contributed by atoms with Gasteiger partial charge in [0.05, 0.1) is 6.54 Å². The van der Waals surface area contributed by atoms with E-state index in [2.05, 4.69) is 4.90 Å². The number of hydrogen-bond donors (Lipinski definition) is 1. The zero-order chi connectivity index (χ0) is 13.2. The molecule has 0 bridgehead atoms. The number of piperazine rings is 1. The van der Waals surface area contributed by atoms with Crippen LogP contribution in [0.5, 0.6) is 0 Å². The van der Waals surface area contributed by atoms with Crippen LogP contribution in [-0.4, -0.2) is 43.8 Å². The van der Waals surface area contributed by atoms with Gasteiger partial charge in [0.15, 0.2) is 0 Å². The highest BCUT2D eigenvalue weighted by atomic mass is 19.4. The number of nitrogen functional groups attached to an aromatic ring is 1. The first-order valence-corrected chi connectivity index (χ1v) is 5.84. The summed E-state index contributed by atoms with van der Waals surface area (Å²) in [6, 6.07) is 7.40. The van der Waals surface area contributed by atoms with Crippen molar-refractivity contribution in [3.8, 4) is 0 Å². The topological polar surface area (TPSA) is 32.5 Å². The molecule has 18 heavy (non-hydrogen) atoms. The highest BCUT2D eigenvalue weighted by molar-refractivity contribution is 5.53. The molecule has 0 atom stereocenters. The molecule has 0 amide bonds. The van der Waals surface area contributed by atoms with Gasteiger partial charge >= 0.3 is 6.18 Å². The molecule has 3 nitrogen and oxygen atoms in total. The van der Waals surface area contributed by atoms with Crippen LogP contribution in [0.25, 0.3) is 0 Å². The molecule has 0 saturated carbocycles. The standard InChI is InChI=1S/C12H16F3N3/c13-12(14,15)9-17-5-7-18(8-6-17)11-3-1-10(16)2-4-11/h1-4H,5-9,16H2. The number of halogens is 3. The molecule has 100 valence electrons. The molecule has 1 aliphatic rings. The second kappa shape index (κ2) is 5.06. The minimum Gasteiger partial charge on any atom is -0.399 e. The van der Waals surface area contributed by atoms with E-state index in [1.807, 2.05) is 12.1 Å². The molecule has 1 saturated heterocycles. The van der Waals surface area contributed by atoms with Crippen LogP contribution in [0.4, 0.5) is 24.5 Å². The fourth-order valence-corrected chi connectivity index (χ4v) is 2.10. The number of benzene rings is 1. The van der Waals surface area contributed by atoms with Gasteiger partial charge in [-0.1, -0.05) is 0 Å². The second-order valence-electron chi connectivity index (χ2n) is 4.47. The summed E-state index contributed by atoms with van der Waals surface area (Å²) in [7, 11) is 0. The zero-order valence-corrected chi connectivity index (χ0v) is 9.95. The Kier molecular flexibility index (Phi) is 3.65. The van der Waals surface area contributed by atoms with E-state index >= 15 is 0 Å². The molecule has 6 heteroatoms. The molecular formula is C12H16F3N3. The molecule has 1 aliphatic heterocycles. The summed E-state index contributed by atoms with van der Waals surface area (Å²) in [5.41, 5.74) is 7.30. The van der Waals surface area contributed by atoms with Crippen molar-refractivity contribution in [2.75, 3.05) is 43.4 Å². The summed E-state index contributed by atoms with van der Waals surface area (Å²) in [6.07, 6.45) is -4.11. The Bertz CT molecular complexity index is 381. The highest BCUT2D eigenvalue weighted by Crippen LogP contribution is 2.21. The van der Waals surface area contributed by atoms with Crippen LogP contribution in [0.2, 0.25) is 0 Å². The number of nitrogens with zero attached hydrogens (tertiary/aromatic N) is 2. The maximum Gasteiger partial charge on any atom is 0.401 e. The van der Waals surface area contributed by atoms with Gasteiger partial charge in [0.1, 0.15) is 0 Å². The largest absolute Gasteiger partial charge is 0.401 e. The molecule has 0 aromatic heterocycles. The first-order chi connectivity index (χ1) is 8.44. The quantitative estimate of drug-likeness (QED) is 0.824. The third-order valence-electron chi connectivity index (χ3n) is 3.03. The van der Waals surface area contributed by atoms with Crippen LogP contribution in [0.1, 0.15) is 0 Å². The minimum absolute atomic E-state index is 0.434. The van der Waals surface area contributed by atoms with E-state index in [0.717, 1.165) is 5.69 Å². The van der Waals surface area contributed by atoms with Crippen molar-refractivity contribution in [3.05, 3.63) is 24.3 Å². The SMILES string of the molecule is Nc1ccc(N2CCN(CC(F)(F)F)CC2)cc1. The molecule has 2 N–H and O–H groups in total. The smallest absolute Gasteiger partial charge is 0.399 e. The summed E-state index contributed by atoms with van der Waals surface area (Å²) in [5.74, 6) is 0. The van der Waals surface area contributed by atoms with Crippen molar-refractivity contribution in [2.45, 2.75) is 6.18 Å². The van der Waals surface area contributed by atoms with E-state index in [1.54, 1.807) is 12.1 Å². The van der Waals surface area contributed by atoms with E-state index < -0.39 is 12.7 Å². The Balaban J connectivity index is 1.88.